The minimum atomic E-state index is -0.510. The summed E-state index contributed by atoms with van der Waals surface area (Å²) >= 11 is 5.78. The van der Waals surface area contributed by atoms with Crippen molar-refractivity contribution in [2.75, 3.05) is 6.61 Å². The van der Waals surface area contributed by atoms with Crippen LogP contribution < -0.4 is 5.32 Å². The predicted octanol–water partition coefficient (Wildman–Crippen LogP) is 3.32. The van der Waals surface area contributed by atoms with Crippen LogP contribution in [0.1, 0.15) is 32.8 Å². The summed E-state index contributed by atoms with van der Waals surface area (Å²) in [4.78, 5) is 22.0. The number of carbonyl (C=O) groups is 1. The quantitative estimate of drug-likeness (QED) is 0.450. The van der Waals surface area contributed by atoms with E-state index in [1.807, 2.05) is 13.8 Å². The third kappa shape index (κ3) is 5.61. The molecule has 122 valence electrons. The van der Waals surface area contributed by atoms with Gasteiger partial charge in [0, 0.05) is 18.7 Å². The number of hydrogen-bond acceptors (Lipinski definition) is 5. The molecule has 0 aromatic heterocycles. The van der Waals surface area contributed by atoms with Gasteiger partial charge in [-0.25, -0.2) is 0 Å². The Morgan fingerprint density at radius 1 is 1.45 bits per heavy atom. The number of rotatable bonds is 8. The van der Waals surface area contributed by atoms with Gasteiger partial charge in [0.15, 0.2) is 0 Å². The Morgan fingerprint density at radius 3 is 2.68 bits per heavy atom. The molecule has 7 heteroatoms. The molecule has 0 radical (unpaired) electrons. The largest absolute Gasteiger partial charge is 0.466 e. The van der Waals surface area contributed by atoms with Crippen molar-refractivity contribution >= 4 is 23.3 Å². The highest BCUT2D eigenvalue weighted by molar-refractivity contribution is 6.32. The Kier molecular flexibility index (Phi) is 7.27. The van der Waals surface area contributed by atoms with E-state index in [-0.39, 0.29) is 35.1 Å². The molecule has 0 amide bonds. The van der Waals surface area contributed by atoms with Gasteiger partial charge in [0.05, 0.1) is 18.0 Å². The third-order valence-corrected chi connectivity index (χ3v) is 3.59. The summed E-state index contributed by atoms with van der Waals surface area (Å²) in [6, 6.07) is 4.61. The second-order valence-corrected chi connectivity index (χ2v) is 5.69. The third-order valence-electron chi connectivity index (χ3n) is 3.27. The van der Waals surface area contributed by atoms with Gasteiger partial charge in [0.25, 0.3) is 5.69 Å². The van der Waals surface area contributed by atoms with Gasteiger partial charge in [-0.05, 0) is 24.5 Å². The minimum absolute atomic E-state index is 0.0613. The molecule has 0 spiro atoms. The van der Waals surface area contributed by atoms with E-state index in [0.717, 1.165) is 5.56 Å². The van der Waals surface area contributed by atoms with Crippen molar-refractivity contribution in [3.63, 3.8) is 0 Å². The standard InChI is InChI=1S/C15H21ClN2O4/c1-4-22-15(19)8-13(10(2)3)17-9-11-5-6-12(16)14(7-11)18(20)21/h5-7,10,13,17H,4,8-9H2,1-3H3. The summed E-state index contributed by atoms with van der Waals surface area (Å²) in [6.45, 7) is 6.54. The molecule has 6 nitrogen and oxygen atoms in total. The molecule has 0 aliphatic heterocycles. The van der Waals surface area contributed by atoms with Crippen LogP contribution in [0.15, 0.2) is 18.2 Å². The lowest BCUT2D eigenvalue weighted by molar-refractivity contribution is -0.384. The van der Waals surface area contributed by atoms with Gasteiger partial charge < -0.3 is 10.1 Å². The first-order chi connectivity index (χ1) is 10.3. The first kappa shape index (κ1) is 18.4. The van der Waals surface area contributed by atoms with Crippen LogP contribution in [0.3, 0.4) is 0 Å². The van der Waals surface area contributed by atoms with Crippen LogP contribution in [-0.2, 0) is 16.1 Å². The molecular formula is C15H21ClN2O4. The summed E-state index contributed by atoms with van der Waals surface area (Å²) < 4.78 is 4.96. The summed E-state index contributed by atoms with van der Waals surface area (Å²) in [7, 11) is 0. The molecule has 1 unspecified atom stereocenters. The van der Waals surface area contributed by atoms with Crippen molar-refractivity contribution in [2.45, 2.75) is 39.8 Å². The molecule has 22 heavy (non-hydrogen) atoms. The number of hydrogen-bond donors (Lipinski definition) is 1. The van der Waals surface area contributed by atoms with Gasteiger partial charge in [-0.1, -0.05) is 31.5 Å². The van der Waals surface area contributed by atoms with E-state index in [4.69, 9.17) is 16.3 Å². The Bertz CT molecular complexity index is 534. The predicted molar refractivity (Wildman–Crippen MR) is 84.8 cm³/mol. The van der Waals surface area contributed by atoms with E-state index in [9.17, 15) is 14.9 Å². The molecule has 0 heterocycles. The van der Waals surface area contributed by atoms with E-state index >= 15 is 0 Å². The molecule has 1 rings (SSSR count). The summed E-state index contributed by atoms with van der Waals surface area (Å²) in [6.07, 6.45) is 0.265. The van der Waals surface area contributed by atoms with Crippen LogP contribution in [0.25, 0.3) is 0 Å². The van der Waals surface area contributed by atoms with Gasteiger partial charge in [0.1, 0.15) is 5.02 Å². The highest BCUT2D eigenvalue weighted by atomic mass is 35.5. The van der Waals surface area contributed by atoms with Gasteiger partial charge in [-0.15, -0.1) is 0 Å². The minimum Gasteiger partial charge on any atom is -0.466 e. The zero-order chi connectivity index (χ0) is 16.7. The van der Waals surface area contributed by atoms with Gasteiger partial charge >= 0.3 is 5.97 Å². The first-order valence-electron chi connectivity index (χ1n) is 7.17. The lowest BCUT2D eigenvalue weighted by atomic mass is 10.0. The lowest BCUT2D eigenvalue weighted by Gasteiger charge is -2.21. The van der Waals surface area contributed by atoms with E-state index in [0.29, 0.717) is 13.2 Å². The maximum Gasteiger partial charge on any atom is 0.307 e. The highest BCUT2D eigenvalue weighted by Gasteiger charge is 2.19. The maximum absolute atomic E-state index is 11.6. The SMILES string of the molecule is CCOC(=O)CC(NCc1ccc(Cl)c([N+](=O)[O-])c1)C(C)C. The van der Waals surface area contributed by atoms with Crippen molar-refractivity contribution in [1.82, 2.24) is 5.32 Å². The molecule has 0 saturated heterocycles. The fraction of sp³-hybridized carbons (Fsp3) is 0.533. The fourth-order valence-corrected chi connectivity index (χ4v) is 2.19. The van der Waals surface area contributed by atoms with E-state index in [1.165, 1.54) is 12.1 Å². The Balaban J connectivity index is 2.71. The number of carbonyl (C=O) groups excluding carboxylic acids is 1. The number of nitrogens with one attached hydrogen (secondary N) is 1. The molecule has 1 N–H and O–H groups in total. The molecule has 1 atom stereocenters. The number of esters is 1. The molecule has 0 bridgehead atoms. The van der Waals surface area contributed by atoms with Crippen molar-refractivity contribution in [3.8, 4) is 0 Å². The van der Waals surface area contributed by atoms with Crippen molar-refractivity contribution in [1.29, 1.82) is 0 Å². The van der Waals surface area contributed by atoms with Crippen LogP contribution in [0.5, 0.6) is 0 Å². The van der Waals surface area contributed by atoms with Crippen molar-refractivity contribution < 1.29 is 14.5 Å². The van der Waals surface area contributed by atoms with Crippen LogP contribution >= 0.6 is 11.6 Å². The maximum atomic E-state index is 11.6. The van der Waals surface area contributed by atoms with Crippen LogP contribution in [0, 0.1) is 16.0 Å². The molecule has 0 fully saturated rings. The molecule has 0 aliphatic carbocycles. The topological polar surface area (TPSA) is 81.5 Å². The lowest BCUT2D eigenvalue weighted by Crippen LogP contribution is -2.36. The normalized spacial score (nSPS) is 12.2. The smallest absolute Gasteiger partial charge is 0.307 e. The van der Waals surface area contributed by atoms with Gasteiger partial charge in [0.2, 0.25) is 0 Å². The van der Waals surface area contributed by atoms with Crippen LogP contribution in [-0.4, -0.2) is 23.5 Å². The fourth-order valence-electron chi connectivity index (χ4n) is 2.00. The average molecular weight is 329 g/mol. The van der Waals surface area contributed by atoms with Crippen LogP contribution in [0.4, 0.5) is 5.69 Å². The number of nitrogens with zero attached hydrogens (tertiary/aromatic N) is 1. The Labute approximate surface area is 134 Å². The summed E-state index contributed by atoms with van der Waals surface area (Å²) in [5.41, 5.74) is 0.623. The Morgan fingerprint density at radius 2 is 2.14 bits per heavy atom. The van der Waals surface area contributed by atoms with Crippen molar-refractivity contribution in [3.05, 3.63) is 38.9 Å². The van der Waals surface area contributed by atoms with Gasteiger partial charge in [-0.2, -0.15) is 0 Å². The molecule has 1 aromatic rings. The average Bonchev–Trinajstić information content (AvgIpc) is 2.44. The highest BCUT2D eigenvalue weighted by Crippen LogP contribution is 2.25. The summed E-state index contributed by atoms with van der Waals surface area (Å²) in [5.74, 6) is -0.0255. The monoisotopic (exact) mass is 328 g/mol. The molecular weight excluding hydrogens is 308 g/mol. The second-order valence-electron chi connectivity index (χ2n) is 5.28. The van der Waals surface area contributed by atoms with Crippen LogP contribution in [0.2, 0.25) is 5.02 Å². The number of nitro groups is 1. The molecule has 0 saturated carbocycles. The Hall–Kier alpha value is -1.66. The second kappa shape index (κ2) is 8.70. The number of ether oxygens (including phenoxy) is 1. The zero-order valence-corrected chi connectivity index (χ0v) is 13.7. The number of benzene rings is 1. The molecule has 0 aliphatic rings. The zero-order valence-electron chi connectivity index (χ0n) is 13.0. The number of halogens is 1. The molecule has 1 aromatic carbocycles. The van der Waals surface area contributed by atoms with E-state index < -0.39 is 4.92 Å². The van der Waals surface area contributed by atoms with E-state index in [1.54, 1.807) is 13.0 Å². The first-order valence-corrected chi connectivity index (χ1v) is 7.54. The van der Waals surface area contributed by atoms with Gasteiger partial charge in [-0.3, -0.25) is 14.9 Å². The van der Waals surface area contributed by atoms with E-state index in [2.05, 4.69) is 5.32 Å². The number of nitro benzene ring substituents is 1. The van der Waals surface area contributed by atoms with Crippen molar-refractivity contribution in [2.24, 2.45) is 5.92 Å². The summed E-state index contributed by atoms with van der Waals surface area (Å²) in [5, 5.41) is 14.2.